The molecule has 0 saturated heterocycles. The number of carboxylic acid groups (broad SMARTS) is 1. The van der Waals surface area contributed by atoms with Crippen molar-refractivity contribution in [1.82, 2.24) is 19.6 Å². The zero-order valence-electron chi connectivity index (χ0n) is 9.99. The Labute approximate surface area is 103 Å². The van der Waals surface area contributed by atoms with Gasteiger partial charge in [0.05, 0.1) is 6.61 Å². The van der Waals surface area contributed by atoms with E-state index in [0.717, 1.165) is 5.69 Å². The first-order valence-corrected chi connectivity index (χ1v) is 5.27. The van der Waals surface area contributed by atoms with E-state index in [1.165, 1.54) is 18.0 Å². The molecule has 0 amide bonds. The van der Waals surface area contributed by atoms with Crippen LogP contribution in [0.1, 0.15) is 5.69 Å². The smallest absolute Gasteiger partial charge is 0.328 e. The van der Waals surface area contributed by atoms with Crippen molar-refractivity contribution in [3.63, 3.8) is 0 Å². The Kier molecular flexibility index (Phi) is 3.38. The first kappa shape index (κ1) is 12.2. The summed E-state index contributed by atoms with van der Waals surface area (Å²) in [6.07, 6.45) is 1.36. The first-order chi connectivity index (χ1) is 8.61. The summed E-state index contributed by atoms with van der Waals surface area (Å²) in [5.74, 6) is -0.0712. The van der Waals surface area contributed by atoms with Gasteiger partial charge in [0.25, 0.3) is 5.78 Å². The number of nitrogens with zero attached hydrogens (tertiary/aromatic N) is 4. The molecule has 0 aliphatic carbocycles. The second kappa shape index (κ2) is 4.96. The standard InChI is InChI=1S/C10H13N5O3/c1-6-3-8(14-7(4-18-2)9(16)17)15-10(13-6)11-5-12-15/h3,5,7,14H,4H2,1-2H3,(H,16,17). The molecule has 0 bridgehead atoms. The molecule has 2 aromatic heterocycles. The van der Waals surface area contributed by atoms with Gasteiger partial charge in [-0.3, -0.25) is 0 Å². The van der Waals surface area contributed by atoms with Crippen LogP contribution in [0.5, 0.6) is 0 Å². The Morgan fingerprint density at radius 3 is 3.11 bits per heavy atom. The van der Waals surface area contributed by atoms with Crippen molar-refractivity contribution >= 4 is 17.6 Å². The minimum atomic E-state index is -1.00. The number of carboxylic acids is 1. The average Bonchev–Trinajstić information content (AvgIpc) is 2.76. The normalized spacial score (nSPS) is 12.6. The van der Waals surface area contributed by atoms with E-state index in [4.69, 9.17) is 9.84 Å². The number of rotatable bonds is 5. The van der Waals surface area contributed by atoms with E-state index < -0.39 is 12.0 Å². The molecule has 2 aromatic rings. The number of hydrogen-bond acceptors (Lipinski definition) is 6. The first-order valence-electron chi connectivity index (χ1n) is 5.27. The summed E-state index contributed by atoms with van der Waals surface area (Å²) in [6, 6.07) is 0.844. The van der Waals surface area contributed by atoms with Gasteiger partial charge in [0.1, 0.15) is 18.2 Å². The fourth-order valence-electron chi connectivity index (χ4n) is 1.55. The van der Waals surface area contributed by atoms with E-state index in [-0.39, 0.29) is 6.61 Å². The van der Waals surface area contributed by atoms with Crippen molar-refractivity contribution in [2.75, 3.05) is 19.0 Å². The maximum Gasteiger partial charge on any atom is 0.328 e. The maximum atomic E-state index is 11.0. The van der Waals surface area contributed by atoms with E-state index >= 15 is 0 Å². The lowest BCUT2D eigenvalue weighted by atomic mass is 10.3. The molecule has 1 atom stereocenters. The van der Waals surface area contributed by atoms with Crippen LogP contribution in [-0.2, 0) is 9.53 Å². The van der Waals surface area contributed by atoms with Crippen molar-refractivity contribution in [3.05, 3.63) is 18.1 Å². The molecule has 2 heterocycles. The fraction of sp³-hybridized carbons (Fsp3) is 0.400. The molecule has 96 valence electrons. The third kappa shape index (κ3) is 2.38. The summed E-state index contributed by atoms with van der Waals surface area (Å²) in [5, 5.41) is 15.9. The van der Waals surface area contributed by atoms with Gasteiger partial charge < -0.3 is 15.2 Å². The molecule has 0 aliphatic heterocycles. The molecule has 0 saturated carbocycles. The van der Waals surface area contributed by atoms with Gasteiger partial charge in [-0.1, -0.05) is 0 Å². The van der Waals surface area contributed by atoms with E-state index in [1.807, 2.05) is 0 Å². The third-order valence-electron chi connectivity index (χ3n) is 2.33. The topological polar surface area (TPSA) is 102 Å². The summed E-state index contributed by atoms with van der Waals surface area (Å²) < 4.78 is 6.30. The summed E-state index contributed by atoms with van der Waals surface area (Å²) in [4.78, 5) is 19.2. The number of carbonyl (C=O) groups is 1. The molecule has 0 aliphatic rings. The predicted molar refractivity (Wildman–Crippen MR) is 62.4 cm³/mol. The highest BCUT2D eigenvalue weighted by Crippen LogP contribution is 2.11. The van der Waals surface area contributed by atoms with E-state index in [1.54, 1.807) is 13.0 Å². The lowest BCUT2D eigenvalue weighted by Gasteiger charge is -2.15. The highest BCUT2D eigenvalue weighted by Gasteiger charge is 2.18. The summed E-state index contributed by atoms with van der Waals surface area (Å²) in [6.45, 7) is 1.85. The number of fused-ring (bicyclic) bond motifs is 1. The SMILES string of the molecule is COCC(Nc1cc(C)nc2ncnn12)C(=O)O. The zero-order valence-corrected chi connectivity index (χ0v) is 9.99. The van der Waals surface area contributed by atoms with Gasteiger partial charge >= 0.3 is 5.97 Å². The number of aromatic nitrogens is 4. The van der Waals surface area contributed by atoms with Crippen LogP contribution in [0.15, 0.2) is 12.4 Å². The molecular weight excluding hydrogens is 238 g/mol. The van der Waals surface area contributed by atoms with Crippen molar-refractivity contribution in [2.24, 2.45) is 0 Å². The van der Waals surface area contributed by atoms with Crippen LogP contribution in [-0.4, -0.2) is 50.4 Å². The lowest BCUT2D eigenvalue weighted by molar-refractivity contribution is -0.139. The molecule has 1 unspecified atom stereocenters. The number of nitrogens with one attached hydrogen (secondary N) is 1. The lowest BCUT2D eigenvalue weighted by Crippen LogP contribution is -2.34. The van der Waals surface area contributed by atoms with Crippen molar-refractivity contribution < 1.29 is 14.6 Å². The molecule has 0 fully saturated rings. The highest BCUT2D eigenvalue weighted by atomic mass is 16.5. The Morgan fingerprint density at radius 1 is 1.67 bits per heavy atom. The largest absolute Gasteiger partial charge is 0.480 e. The van der Waals surface area contributed by atoms with Crippen molar-refractivity contribution in [1.29, 1.82) is 0 Å². The number of hydrogen-bond donors (Lipinski definition) is 2. The molecule has 0 aromatic carbocycles. The van der Waals surface area contributed by atoms with Gasteiger partial charge in [-0.05, 0) is 6.92 Å². The Morgan fingerprint density at radius 2 is 2.44 bits per heavy atom. The van der Waals surface area contributed by atoms with Gasteiger partial charge in [-0.25, -0.2) is 9.78 Å². The molecule has 0 spiro atoms. The van der Waals surface area contributed by atoms with E-state index in [0.29, 0.717) is 11.6 Å². The zero-order chi connectivity index (χ0) is 13.1. The van der Waals surface area contributed by atoms with Crippen LogP contribution < -0.4 is 5.32 Å². The number of aryl methyl sites for hydroxylation is 1. The number of methoxy groups -OCH3 is 1. The van der Waals surface area contributed by atoms with Crippen LogP contribution in [0.2, 0.25) is 0 Å². The Balaban J connectivity index is 2.34. The molecule has 0 radical (unpaired) electrons. The van der Waals surface area contributed by atoms with Crippen molar-refractivity contribution in [2.45, 2.75) is 13.0 Å². The van der Waals surface area contributed by atoms with Crippen LogP contribution >= 0.6 is 0 Å². The molecule has 18 heavy (non-hydrogen) atoms. The molecule has 8 nitrogen and oxygen atoms in total. The Hall–Kier alpha value is -2.22. The maximum absolute atomic E-state index is 11.0. The molecule has 2 N–H and O–H groups in total. The van der Waals surface area contributed by atoms with E-state index in [2.05, 4.69) is 20.4 Å². The highest BCUT2D eigenvalue weighted by molar-refractivity contribution is 5.77. The van der Waals surface area contributed by atoms with Gasteiger partial charge in [-0.15, -0.1) is 0 Å². The Bertz CT molecular complexity index is 568. The summed E-state index contributed by atoms with van der Waals surface area (Å²) >= 11 is 0. The molecular formula is C10H13N5O3. The molecule has 2 rings (SSSR count). The van der Waals surface area contributed by atoms with Crippen LogP contribution in [0, 0.1) is 6.92 Å². The minimum Gasteiger partial charge on any atom is -0.480 e. The van der Waals surface area contributed by atoms with Gasteiger partial charge in [0.15, 0.2) is 0 Å². The minimum absolute atomic E-state index is 0.0485. The van der Waals surface area contributed by atoms with Gasteiger partial charge in [0, 0.05) is 18.9 Å². The number of ether oxygens (including phenoxy) is 1. The second-order valence-electron chi connectivity index (χ2n) is 3.75. The average molecular weight is 251 g/mol. The van der Waals surface area contributed by atoms with Crippen LogP contribution in [0.25, 0.3) is 5.78 Å². The van der Waals surface area contributed by atoms with Gasteiger partial charge in [-0.2, -0.15) is 14.6 Å². The van der Waals surface area contributed by atoms with Gasteiger partial charge in [0.2, 0.25) is 0 Å². The quantitative estimate of drug-likeness (QED) is 0.767. The fourth-order valence-corrected chi connectivity index (χ4v) is 1.55. The van der Waals surface area contributed by atoms with Crippen LogP contribution in [0.3, 0.4) is 0 Å². The van der Waals surface area contributed by atoms with E-state index in [9.17, 15) is 4.79 Å². The summed E-state index contributed by atoms with van der Waals surface area (Å²) in [7, 11) is 1.44. The predicted octanol–water partition coefficient (Wildman–Crippen LogP) is -0.0558. The summed E-state index contributed by atoms with van der Waals surface area (Å²) in [5.41, 5.74) is 0.722. The number of aliphatic carboxylic acids is 1. The third-order valence-corrected chi connectivity index (χ3v) is 2.33. The monoisotopic (exact) mass is 251 g/mol. The van der Waals surface area contributed by atoms with Crippen molar-refractivity contribution in [3.8, 4) is 0 Å². The molecule has 8 heteroatoms. The van der Waals surface area contributed by atoms with Crippen LogP contribution in [0.4, 0.5) is 5.82 Å². The second-order valence-corrected chi connectivity index (χ2v) is 3.75. The number of anilines is 1.